The van der Waals surface area contributed by atoms with Crippen LogP contribution in [0.25, 0.3) is 10.9 Å². The molecule has 0 saturated heterocycles. The van der Waals surface area contributed by atoms with Gasteiger partial charge in [-0.25, -0.2) is 4.39 Å². The highest BCUT2D eigenvalue weighted by Gasteiger charge is 2.10. The molecule has 3 rings (SSSR count). The Morgan fingerprint density at radius 3 is 2.74 bits per heavy atom. The molecule has 1 aromatic carbocycles. The van der Waals surface area contributed by atoms with Crippen molar-refractivity contribution in [1.29, 1.82) is 0 Å². The van der Waals surface area contributed by atoms with Crippen LogP contribution in [0, 0.1) is 19.7 Å². The van der Waals surface area contributed by atoms with E-state index in [0.29, 0.717) is 13.1 Å². The molecule has 0 atom stereocenters. The first-order valence-electron chi connectivity index (χ1n) is 7.57. The maximum absolute atomic E-state index is 13.3. The number of rotatable bonds is 4. The number of aromatic amines is 2. The molecule has 5 heteroatoms. The van der Waals surface area contributed by atoms with Gasteiger partial charge in [0.1, 0.15) is 5.82 Å². The number of nitrogens with zero attached hydrogens (tertiary/aromatic N) is 1. The molecule has 120 valence electrons. The van der Waals surface area contributed by atoms with E-state index in [4.69, 9.17) is 0 Å². The fraction of sp³-hybridized carbons (Fsp3) is 0.278. The Morgan fingerprint density at radius 2 is 1.96 bits per heavy atom. The van der Waals surface area contributed by atoms with E-state index in [9.17, 15) is 9.18 Å². The monoisotopic (exact) mass is 313 g/mol. The molecule has 0 aliphatic rings. The molecular weight excluding hydrogens is 293 g/mol. The number of aromatic nitrogens is 2. The van der Waals surface area contributed by atoms with Gasteiger partial charge in [-0.3, -0.25) is 9.69 Å². The summed E-state index contributed by atoms with van der Waals surface area (Å²) in [6.45, 7) is 4.99. The lowest BCUT2D eigenvalue weighted by molar-refractivity contribution is 0.311. The Kier molecular flexibility index (Phi) is 4.05. The van der Waals surface area contributed by atoms with E-state index < -0.39 is 0 Å². The maximum atomic E-state index is 13.3. The highest BCUT2D eigenvalue weighted by atomic mass is 19.1. The third kappa shape index (κ3) is 3.19. The standard InChI is InChI=1S/C18H20FN3O/c1-11-8-20-17(12(2)18(11)23)10-22(3)9-15-7-13-6-14(19)4-5-16(13)21-15/h4-8,21H,9-10H2,1-3H3,(H,20,23). The van der Waals surface area contributed by atoms with Gasteiger partial charge in [-0.2, -0.15) is 0 Å². The second-order valence-corrected chi connectivity index (χ2v) is 6.10. The number of benzene rings is 1. The van der Waals surface area contributed by atoms with Crippen molar-refractivity contribution in [1.82, 2.24) is 14.9 Å². The van der Waals surface area contributed by atoms with Gasteiger partial charge in [0.25, 0.3) is 0 Å². The molecule has 0 saturated carbocycles. The number of halogens is 1. The van der Waals surface area contributed by atoms with Crippen molar-refractivity contribution in [2.75, 3.05) is 7.05 Å². The molecule has 0 bridgehead atoms. The summed E-state index contributed by atoms with van der Waals surface area (Å²) in [7, 11) is 1.99. The highest BCUT2D eigenvalue weighted by molar-refractivity contribution is 5.80. The first-order chi connectivity index (χ1) is 10.9. The van der Waals surface area contributed by atoms with Crippen molar-refractivity contribution < 1.29 is 4.39 Å². The minimum absolute atomic E-state index is 0.0910. The van der Waals surface area contributed by atoms with Gasteiger partial charge in [-0.05, 0) is 45.2 Å². The second-order valence-electron chi connectivity index (χ2n) is 6.10. The molecule has 2 aromatic heterocycles. The molecule has 23 heavy (non-hydrogen) atoms. The fourth-order valence-electron chi connectivity index (χ4n) is 2.83. The average molecular weight is 313 g/mol. The van der Waals surface area contributed by atoms with E-state index in [1.807, 2.05) is 27.0 Å². The zero-order valence-electron chi connectivity index (χ0n) is 13.5. The van der Waals surface area contributed by atoms with Gasteiger partial charge in [0.15, 0.2) is 5.43 Å². The molecule has 0 fully saturated rings. The third-order valence-electron chi connectivity index (χ3n) is 4.12. The van der Waals surface area contributed by atoms with E-state index in [-0.39, 0.29) is 11.2 Å². The number of pyridine rings is 1. The quantitative estimate of drug-likeness (QED) is 0.777. The van der Waals surface area contributed by atoms with Crippen molar-refractivity contribution in [2.24, 2.45) is 0 Å². The van der Waals surface area contributed by atoms with Gasteiger partial charge >= 0.3 is 0 Å². The molecule has 2 N–H and O–H groups in total. The Hall–Kier alpha value is -2.40. The summed E-state index contributed by atoms with van der Waals surface area (Å²) in [4.78, 5) is 20.6. The number of hydrogen-bond donors (Lipinski definition) is 2. The van der Waals surface area contributed by atoms with Crippen LogP contribution in [0.4, 0.5) is 4.39 Å². The minimum Gasteiger partial charge on any atom is -0.363 e. The molecule has 0 aliphatic heterocycles. The minimum atomic E-state index is -0.232. The van der Waals surface area contributed by atoms with E-state index in [1.165, 1.54) is 12.1 Å². The van der Waals surface area contributed by atoms with Crippen LogP contribution in [0.3, 0.4) is 0 Å². The first-order valence-corrected chi connectivity index (χ1v) is 7.57. The number of hydrogen-bond acceptors (Lipinski definition) is 2. The molecule has 3 aromatic rings. The fourth-order valence-corrected chi connectivity index (χ4v) is 2.83. The van der Waals surface area contributed by atoms with Crippen LogP contribution in [0.1, 0.15) is 22.5 Å². The summed E-state index contributed by atoms with van der Waals surface area (Å²) in [6, 6.07) is 6.68. The van der Waals surface area contributed by atoms with Crippen LogP contribution in [-0.2, 0) is 13.1 Å². The van der Waals surface area contributed by atoms with Gasteiger partial charge in [0.05, 0.1) is 0 Å². The molecule has 0 amide bonds. The molecular formula is C18H20FN3O. The smallest absolute Gasteiger partial charge is 0.187 e. The zero-order chi connectivity index (χ0) is 16.6. The normalized spacial score (nSPS) is 11.5. The summed E-state index contributed by atoms with van der Waals surface area (Å²) in [5.41, 5.74) is 4.44. The van der Waals surface area contributed by atoms with Crippen molar-refractivity contribution in [3.8, 4) is 0 Å². The topological polar surface area (TPSA) is 51.9 Å². The Labute approximate surface area is 134 Å². The van der Waals surface area contributed by atoms with Gasteiger partial charge in [-0.15, -0.1) is 0 Å². The van der Waals surface area contributed by atoms with Gasteiger partial charge in [-0.1, -0.05) is 0 Å². The molecule has 0 aliphatic carbocycles. The molecule has 4 nitrogen and oxygen atoms in total. The van der Waals surface area contributed by atoms with Crippen LogP contribution in [-0.4, -0.2) is 21.9 Å². The van der Waals surface area contributed by atoms with E-state index >= 15 is 0 Å². The van der Waals surface area contributed by atoms with Crippen molar-refractivity contribution in [3.05, 3.63) is 69.0 Å². The SMILES string of the molecule is Cc1c[nH]c(CN(C)Cc2cc3cc(F)ccc3[nH]2)c(C)c1=O. The van der Waals surface area contributed by atoms with E-state index in [1.54, 1.807) is 12.3 Å². The predicted molar refractivity (Wildman–Crippen MR) is 90.0 cm³/mol. The Balaban J connectivity index is 1.77. The van der Waals surface area contributed by atoms with Crippen LogP contribution in [0.15, 0.2) is 35.3 Å². The van der Waals surface area contributed by atoms with Crippen LogP contribution >= 0.6 is 0 Å². The van der Waals surface area contributed by atoms with Crippen molar-refractivity contribution in [3.63, 3.8) is 0 Å². The van der Waals surface area contributed by atoms with Crippen LogP contribution < -0.4 is 5.43 Å². The highest BCUT2D eigenvalue weighted by Crippen LogP contribution is 2.18. The van der Waals surface area contributed by atoms with Crippen molar-refractivity contribution in [2.45, 2.75) is 26.9 Å². The lowest BCUT2D eigenvalue weighted by Crippen LogP contribution is -2.22. The third-order valence-corrected chi connectivity index (χ3v) is 4.12. The predicted octanol–water partition coefficient (Wildman–Crippen LogP) is 3.24. The molecule has 2 heterocycles. The lowest BCUT2D eigenvalue weighted by Gasteiger charge is -2.17. The second kappa shape index (κ2) is 6.01. The summed E-state index contributed by atoms with van der Waals surface area (Å²) in [6.07, 6.45) is 1.75. The van der Waals surface area contributed by atoms with Gasteiger partial charge < -0.3 is 9.97 Å². The summed E-state index contributed by atoms with van der Waals surface area (Å²) >= 11 is 0. The zero-order valence-corrected chi connectivity index (χ0v) is 13.5. The first kappa shape index (κ1) is 15.5. The number of nitrogens with one attached hydrogen (secondary N) is 2. The van der Waals surface area contributed by atoms with Crippen LogP contribution in [0.5, 0.6) is 0 Å². The number of H-pyrrole nitrogens is 2. The lowest BCUT2D eigenvalue weighted by atomic mass is 10.1. The summed E-state index contributed by atoms with van der Waals surface area (Å²) in [5, 5.41) is 0.869. The van der Waals surface area contributed by atoms with Crippen molar-refractivity contribution >= 4 is 10.9 Å². The molecule has 0 radical (unpaired) electrons. The van der Waals surface area contributed by atoms with E-state index in [2.05, 4.69) is 14.9 Å². The number of fused-ring (bicyclic) bond motifs is 1. The Morgan fingerprint density at radius 1 is 1.17 bits per heavy atom. The molecule has 0 spiro atoms. The van der Waals surface area contributed by atoms with E-state index in [0.717, 1.165) is 33.4 Å². The Bertz CT molecular complexity index is 910. The molecule has 0 unspecified atom stereocenters. The summed E-state index contributed by atoms with van der Waals surface area (Å²) in [5.74, 6) is -0.232. The largest absolute Gasteiger partial charge is 0.363 e. The van der Waals surface area contributed by atoms with Gasteiger partial charge in [0, 0.05) is 52.7 Å². The summed E-state index contributed by atoms with van der Waals surface area (Å²) < 4.78 is 13.3. The van der Waals surface area contributed by atoms with Crippen LogP contribution in [0.2, 0.25) is 0 Å². The number of aryl methyl sites for hydroxylation is 1. The average Bonchev–Trinajstić information content (AvgIpc) is 2.89. The maximum Gasteiger partial charge on any atom is 0.187 e. The van der Waals surface area contributed by atoms with Gasteiger partial charge in [0.2, 0.25) is 0 Å².